The zero-order valence-electron chi connectivity index (χ0n) is 16.3. The fraction of sp³-hybridized carbons (Fsp3) is 0.421. The van der Waals surface area contributed by atoms with E-state index in [9.17, 15) is 4.79 Å². The number of anilines is 2. The van der Waals surface area contributed by atoms with Crippen molar-refractivity contribution in [3.63, 3.8) is 0 Å². The molecule has 9 nitrogen and oxygen atoms in total. The summed E-state index contributed by atoms with van der Waals surface area (Å²) in [6, 6.07) is 7.32. The summed E-state index contributed by atoms with van der Waals surface area (Å²) >= 11 is 1.37. The normalized spacial score (nSPS) is 18.3. The maximum absolute atomic E-state index is 13.1. The van der Waals surface area contributed by atoms with Crippen LogP contribution in [0.5, 0.6) is 0 Å². The molecule has 2 aromatic rings. The number of hydrogen-bond donors (Lipinski definition) is 3. The first kappa shape index (κ1) is 19.3. The Kier molecular flexibility index (Phi) is 5.18. The number of guanidine groups is 2. The van der Waals surface area contributed by atoms with E-state index in [1.807, 2.05) is 30.0 Å². The quantitative estimate of drug-likeness (QED) is 0.706. The van der Waals surface area contributed by atoms with Crippen LogP contribution in [0.1, 0.15) is 54.4 Å². The number of nitrogens with two attached hydrogens (primary N) is 2. The highest BCUT2D eigenvalue weighted by Crippen LogP contribution is 2.40. The number of benzene rings is 1. The second kappa shape index (κ2) is 7.78. The summed E-state index contributed by atoms with van der Waals surface area (Å²) in [6.45, 7) is 2.00. The molecule has 0 radical (unpaired) electrons. The van der Waals surface area contributed by atoms with Crippen LogP contribution in [0.2, 0.25) is 0 Å². The van der Waals surface area contributed by atoms with Crippen molar-refractivity contribution >= 4 is 40.0 Å². The van der Waals surface area contributed by atoms with Gasteiger partial charge in [-0.15, -0.1) is 10.2 Å². The maximum atomic E-state index is 13.1. The molecular weight excluding hydrogens is 388 g/mol. The van der Waals surface area contributed by atoms with Gasteiger partial charge in [0.2, 0.25) is 17.1 Å². The Bertz CT molecular complexity index is 976. The van der Waals surface area contributed by atoms with Crippen molar-refractivity contribution in [2.24, 2.45) is 21.5 Å². The number of para-hydroxylation sites is 1. The Balaban J connectivity index is 1.71. The predicted molar refractivity (Wildman–Crippen MR) is 115 cm³/mol. The number of aromatic nitrogens is 2. The van der Waals surface area contributed by atoms with Gasteiger partial charge in [-0.05, 0) is 44.2 Å². The van der Waals surface area contributed by atoms with Gasteiger partial charge < -0.3 is 11.5 Å². The minimum Gasteiger partial charge on any atom is -0.369 e. The lowest BCUT2D eigenvalue weighted by Crippen LogP contribution is -2.58. The summed E-state index contributed by atoms with van der Waals surface area (Å²) in [5.41, 5.74) is 12.8. The molecule has 29 heavy (non-hydrogen) atoms. The number of aryl methyl sites for hydroxylation is 1. The molecule has 1 spiro atoms. The number of amides is 1. The van der Waals surface area contributed by atoms with Crippen molar-refractivity contribution in [2.45, 2.75) is 51.1 Å². The summed E-state index contributed by atoms with van der Waals surface area (Å²) in [5.74, 6) is 0.160. The van der Waals surface area contributed by atoms with E-state index >= 15 is 0 Å². The molecule has 1 aliphatic heterocycles. The molecule has 2 aliphatic rings. The first-order valence-electron chi connectivity index (χ1n) is 9.75. The molecule has 4 rings (SSSR count). The number of rotatable bonds is 4. The Morgan fingerprint density at radius 2 is 1.97 bits per heavy atom. The van der Waals surface area contributed by atoms with Gasteiger partial charge in [0.15, 0.2) is 0 Å². The van der Waals surface area contributed by atoms with Crippen molar-refractivity contribution in [1.29, 1.82) is 0 Å². The third-order valence-electron chi connectivity index (χ3n) is 5.23. The summed E-state index contributed by atoms with van der Waals surface area (Å²) in [7, 11) is 0. The largest absolute Gasteiger partial charge is 0.369 e. The number of hydrogen-bond acceptors (Lipinski definition) is 9. The number of nitrogens with one attached hydrogen (secondary N) is 1. The summed E-state index contributed by atoms with van der Waals surface area (Å²) in [4.78, 5) is 23.8. The molecule has 1 saturated carbocycles. The minimum absolute atomic E-state index is 0.184. The van der Waals surface area contributed by atoms with Gasteiger partial charge in [0, 0.05) is 0 Å². The highest BCUT2D eigenvalue weighted by atomic mass is 32.1. The van der Waals surface area contributed by atoms with Crippen LogP contribution >= 0.6 is 11.3 Å². The average Bonchev–Trinajstić information content (AvgIpc) is 3.16. The monoisotopic (exact) mass is 412 g/mol. The lowest BCUT2D eigenvalue weighted by molar-refractivity contribution is 0.102. The second-order valence-electron chi connectivity index (χ2n) is 7.14. The molecule has 1 amide bonds. The number of aliphatic imine (C=N–C) groups is 2. The Morgan fingerprint density at radius 3 is 2.69 bits per heavy atom. The van der Waals surface area contributed by atoms with E-state index in [1.165, 1.54) is 11.3 Å². The molecule has 152 valence electrons. The smallest absolute Gasteiger partial charge is 0.259 e. The zero-order chi connectivity index (χ0) is 20.4. The molecule has 0 atom stereocenters. The number of nitrogens with zero attached hydrogens (tertiary/aromatic N) is 5. The Labute approximate surface area is 172 Å². The molecule has 1 aliphatic carbocycles. The van der Waals surface area contributed by atoms with Gasteiger partial charge in [-0.25, -0.2) is 4.99 Å². The first-order chi connectivity index (χ1) is 14.0. The zero-order valence-corrected chi connectivity index (χ0v) is 17.1. The fourth-order valence-corrected chi connectivity index (χ4v) is 4.62. The fourth-order valence-electron chi connectivity index (χ4n) is 3.94. The first-order valence-corrected chi connectivity index (χ1v) is 10.6. The van der Waals surface area contributed by atoms with E-state index in [1.54, 1.807) is 6.07 Å². The van der Waals surface area contributed by atoms with Gasteiger partial charge in [0.1, 0.15) is 10.7 Å². The Hall–Kier alpha value is -3.01. The van der Waals surface area contributed by atoms with Crippen LogP contribution in [-0.2, 0) is 6.42 Å². The molecule has 0 bridgehead atoms. The lowest BCUT2D eigenvalue weighted by Gasteiger charge is -2.46. The highest BCUT2D eigenvalue weighted by Gasteiger charge is 2.43. The highest BCUT2D eigenvalue weighted by molar-refractivity contribution is 7.15. The molecule has 2 heterocycles. The molecule has 1 aromatic heterocycles. The molecule has 0 unspecified atom stereocenters. The average molecular weight is 413 g/mol. The standard InChI is InChI=1S/C19H24N8OS/c1-2-14-25-26-18(29-14)22-15(28)12-8-4-5-9-13(12)27-17(21)23-16(20)24-19(27)10-6-3-7-11-19/h4-5,8-9H,2-3,6-7,10-11H2,1H3,(H,22,26,28)(H4,20,21,23,24). The topological polar surface area (TPSA) is 135 Å². The van der Waals surface area contributed by atoms with E-state index in [2.05, 4.69) is 25.5 Å². The van der Waals surface area contributed by atoms with Crippen LogP contribution in [0.25, 0.3) is 0 Å². The van der Waals surface area contributed by atoms with Crippen LogP contribution < -0.4 is 21.7 Å². The van der Waals surface area contributed by atoms with Crippen molar-refractivity contribution in [2.75, 3.05) is 10.2 Å². The third kappa shape index (κ3) is 3.67. The SMILES string of the molecule is CCc1nnc(NC(=O)c2ccccc2N2C(N)=NC(N)=NC23CCCCC3)s1. The summed E-state index contributed by atoms with van der Waals surface area (Å²) < 4.78 is 0. The van der Waals surface area contributed by atoms with E-state index in [0.717, 1.165) is 43.5 Å². The molecule has 10 heteroatoms. The van der Waals surface area contributed by atoms with E-state index in [4.69, 9.17) is 11.5 Å². The van der Waals surface area contributed by atoms with Crippen molar-refractivity contribution in [3.05, 3.63) is 34.8 Å². The van der Waals surface area contributed by atoms with Crippen LogP contribution in [0.15, 0.2) is 34.3 Å². The lowest BCUT2D eigenvalue weighted by atomic mass is 9.87. The van der Waals surface area contributed by atoms with Gasteiger partial charge in [-0.3, -0.25) is 15.0 Å². The van der Waals surface area contributed by atoms with Crippen LogP contribution in [0, 0.1) is 0 Å². The molecule has 0 saturated heterocycles. The number of carbonyl (C=O) groups is 1. The molecule has 5 N–H and O–H groups in total. The van der Waals surface area contributed by atoms with Crippen LogP contribution in [0.4, 0.5) is 10.8 Å². The molecule has 1 fully saturated rings. The predicted octanol–water partition coefficient (Wildman–Crippen LogP) is 2.46. The van der Waals surface area contributed by atoms with Gasteiger partial charge >= 0.3 is 0 Å². The van der Waals surface area contributed by atoms with Crippen molar-refractivity contribution in [1.82, 2.24) is 10.2 Å². The summed E-state index contributed by atoms with van der Waals surface area (Å²) in [5, 5.41) is 12.3. The van der Waals surface area contributed by atoms with Gasteiger partial charge in [0.25, 0.3) is 5.91 Å². The van der Waals surface area contributed by atoms with Crippen molar-refractivity contribution in [3.8, 4) is 0 Å². The minimum atomic E-state index is -0.608. The molecular formula is C19H24N8OS. The number of carbonyl (C=O) groups excluding carboxylic acids is 1. The maximum Gasteiger partial charge on any atom is 0.259 e. The third-order valence-corrected chi connectivity index (χ3v) is 6.21. The Morgan fingerprint density at radius 1 is 1.21 bits per heavy atom. The second-order valence-corrected chi connectivity index (χ2v) is 8.21. The van der Waals surface area contributed by atoms with E-state index in [0.29, 0.717) is 16.4 Å². The van der Waals surface area contributed by atoms with Crippen molar-refractivity contribution < 1.29 is 4.79 Å². The van der Waals surface area contributed by atoms with Crippen LogP contribution in [0.3, 0.4) is 0 Å². The van der Waals surface area contributed by atoms with Gasteiger partial charge in [0.05, 0.1) is 11.3 Å². The van der Waals surface area contributed by atoms with E-state index < -0.39 is 5.66 Å². The van der Waals surface area contributed by atoms with Crippen LogP contribution in [-0.4, -0.2) is 33.7 Å². The summed E-state index contributed by atoms with van der Waals surface area (Å²) in [6.07, 6.45) is 5.54. The van der Waals surface area contributed by atoms with Gasteiger partial charge in [-0.2, -0.15) is 4.99 Å². The van der Waals surface area contributed by atoms with Gasteiger partial charge in [-0.1, -0.05) is 36.8 Å². The van der Waals surface area contributed by atoms with E-state index in [-0.39, 0.29) is 17.8 Å². The molecule has 1 aromatic carbocycles.